The van der Waals surface area contributed by atoms with Crippen LogP contribution >= 0.6 is 11.3 Å². The second-order valence-electron chi connectivity index (χ2n) is 9.36. The first kappa shape index (κ1) is 21.7. The number of carbonyl (C=O) groups is 1. The summed E-state index contributed by atoms with van der Waals surface area (Å²) < 4.78 is 22.3. The van der Waals surface area contributed by atoms with E-state index in [1.807, 2.05) is 19.1 Å². The molecule has 1 atom stereocenters. The van der Waals surface area contributed by atoms with Gasteiger partial charge in [-0.05, 0) is 55.5 Å². The number of ether oxygens (including phenoxy) is 1. The first-order valence-corrected chi connectivity index (χ1v) is 11.5. The molecule has 170 valence electrons. The highest BCUT2D eigenvalue weighted by atomic mass is 32.1. The second kappa shape index (κ2) is 7.43. The zero-order valence-corrected chi connectivity index (χ0v) is 19.4. The van der Waals surface area contributed by atoms with Crippen LogP contribution in [0.4, 0.5) is 4.39 Å². The minimum atomic E-state index is -0.951. The molecule has 0 amide bonds. The Kier molecular flexibility index (Phi) is 4.88. The zero-order chi connectivity index (χ0) is 23.5. The summed E-state index contributed by atoms with van der Waals surface area (Å²) in [5.41, 5.74) is 2.30. The van der Waals surface area contributed by atoms with Crippen LogP contribution in [0.15, 0.2) is 54.6 Å². The van der Waals surface area contributed by atoms with E-state index in [1.54, 1.807) is 30.3 Å². The lowest BCUT2D eigenvalue weighted by Crippen LogP contribution is -2.43. The number of phenols is 1. The fraction of sp³-hybridized carbons (Fsp3) is 0.269. The number of aromatic hydroxyl groups is 1. The van der Waals surface area contributed by atoms with Gasteiger partial charge in [0.25, 0.3) is 0 Å². The van der Waals surface area contributed by atoms with E-state index in [4.69, 9.17) is 4.74 Å². The molecule has 0 saturated carbocycles. The number of hydrogen-bond acceptors (Lipinski definition) is 4. The van der Waals surface area contributed by atoms with Gasteiger partial charge in [0.2, 0.25) is 0 Å². The van der Waals surface area contributed by atoms with Crippen molar-refractivity contribution in [2.24, 2.45) is 0 Å². The van der Waals surface area contributed by atoms with Gasteiger partial charge >= 0.3 is 5.97 Å². The summed E-state index contributed by atoms with van der Waals surface area (Å²) in [5.74, 6) is -1.12. The first-order chi connectivity index (χ1) is 15.6. The third-order valence-corrected chi connectivity index (χ3v) is 7.44. The van der Waals surface area contributed by atoms with Gasteiger partial charge in [-0.3, -0.25) is 0 Å². The Morgan fingerprint density at radius 3 is 2.52 bits per heavy atom. The van der Waals surface area contributed by atoms with Crippen LogP contribution in [0.5, 0.6) is 5.75 Å². The quantitative estimate of drug-likeness (QED) is 0.388. The molecule has 0 aliphatic carbocycles. The molecule has 0 spiro atoms. The number of thiophene rings is 1. The number of aromatic carboxylic acids is 1. The Morgan fingerprint density at radius 1 is 1.12 bits per heavy atom. The Labute approximate surface area is 194 Å². The van der Waals surface area contributed by atoms with Crippen LogP contribution in [0.25, 0.3) is 16.6 Å². The lowest BCUT2D eigenvalue weighted by Gasteiger charge is -2.42. The van der Waals surface area contributed by atoms with Gasteiger partial charge in [0.15, 0.2) is 0 Å². The molecule has 2 aromatic heterocycles. The number of halogens is 1. The van der Waals surface area contributed by atoms with Gasteiger partial charge in [-0.15, -0.1) is 11.3 Å². The maximum atomic E-state index is 13.7. The van der Waals surface area contributed by atoms with Gasteiger partial charge in [0.05, 0.1) is 17.7 Å². The van der Waals surface area contributed by atoms with Crippen LogP contribution in [0.3, 0.4) is 0 Å². The van der Waals surface area contributed by atoms with Crippen LogP contribution < -0.4 is 0 Å². The number of hydrogen-bond donors (Lipinski definition) is 2. The Bertz CT molecular complexity index is 1390. The summed E-state index contributed by atoms with van der Waals surface area (Å²) in [5, 5.41) is 21.0. The van der Waals surface area contributed by atoms with Crippen molar-refractivity contribution in [2.45, 2.75) is 38.2 Å². The Morgan fingerprint density at radius 2 is 1.85 bits per heavy atom. The van der Waals surface area contributed by atoms with Crippen molar-refractivity contribution in [2.75, 3.05) is 6.61 Å². The van der Waals surface area contributed by atoms with Gasteiger partial charge in [-0.1, -0.05) is 19.9 Å². The molecule has 1 aliphatic heterocycles. The molecule has 2 N–H and O–H groups in total. The van der Waals surface area contributed by atoms with Crippen molar-refractivity contribution >= 4 is 28.2 Å². The lowest BCUT2D eigenvalue weighted by molar-refractivity contribution is -0.0711. The molecule has 5 rings (SSSR count). The summed E-state index contributed by atoms with van der Waals surface area (Å²) in [6.07, 6.45) is 0.463. The van der Waals surface area contributed by atoms with Gasteiger partial charge in [-0.25, -0.2) is 9.18 Å². The summed E-state index contributed by atoms with van der Waals surface area (Å²) in [7, 11) is 0. The molecule has 0 saturated heterocycles. The Balaban J connectivity index is 1.79. The predicted octanol–water partition coefficient (Wildman–Crippen LogP) is 6.00. The molecule has 0 bridgehead atoms. The molecule has 7 heteroatoms. The normalized spacial score (nSPS) is 19.5. The van der Waals surface area contributed by atoms with Gasteiger partial charge < -0.3 is 19.5 Å². The first-order valence-electron chi connectivity index (χ1n) is 10.7. The smallest absolute Gasteiger partial charge is 0.345 e. The third kappa shape index (κ3) is 3.43. The van der Waals surface area contributed by atoms with E-state index in [0.717, 1.165) is 27.3 Å². The highest BCUT2D eigenvalue weighted by Crippen LogP contribution is 2.51. The summed E-state index contributed by atoms with van der Waals surface area (Å²) in [4.78, 5) is 12.6. The van der Waals surface area contributed by atoms with Crippen LogP contribution in [-0.2, 0) is 22.2 Å². The van der Waals surface area contributed by atoms with Crippen molar-refractivity contribution in [3.8, 4) is 11.4 Å². The van der Waals surface area contributed by atoms with Crippen molar-refractivity contribution < 1.29 is 24.1 Å². The third-order valence-electron chi connectivity index (χ3n) is 6.36. The largest absolute Gasteiger partial charge is 0.507 e. The van der Waals surface area contributed by atoms with Gasteiger partial charge in [0, 0.05) is 39.0 Å². The number of aromatic nitrogens is 1. The summed E-state index contributed by atoms with van der Waals surface area (Å²) in [6, 6.07) is 15.2. The molecule has 2 aromatic carbocycles. The van der Waals surface area contributed by atoms with Crippen LogP contribution in [0, 0.1) is 5.82 Å². The van der Waals surface area contributed by atoms with Gasteiger partial charge in [-0.2, -0.15) is 0 Å². The number of nitrogens with zero attached hydrogens (tertiary/aromatic N) is 1. The monoisotopic (exact) mass is 465 g/mol. The average molecular weight is 466 g/mol. The molecular weight excluding hydrogens is 441 g/mol. The number of benzene rings is 2. The number of fused-ring (bicyclic) bond motifs is 3. The highest BCUT2D eigenvalue weighted by molar-refractivity contribution is 7.13. The molecule has 0 fully saturated rings. The van der Waals surface area contributed by atoms with Crippen LogP contribution in [0.2, 0.25) is 0 Å². The number of rotatable bonds is 4. The van der Waals surface area contributed by atoms with E-state index in [2.05, 4.69) is 18.4 Å². The lowest BCUT2D eigenvalue weighted by atomic mass is 9.77. The Hall–Kier alpha value is -3.16. The fourth-order valence-electron chi connectivity index (χ4n) is 4.88. The number of carboxylic acids is 1. The molecule has 5 nitrogen and oxygen atoms in total. The minimum Gasteiger partial charge on any atom is -0.507 e. The molecule has 3 heterocycles. The summed E-state index contributed by atoms with van der Waals surface area (Å²) in [6.45, 7) is 6.61. The second-order valence-corrected chi connectivity index (χ2v) is 10.5. The predicted molar refractivity (Wildman–Crippen MR) is 126 cm³/mol. The molecule has 1 unspecified atom stereocenters. The minimum absolute atomic E-state index is 0.148. The maximum absolute atomic E-state index is 13.7. The standard InChI is InChI=1S/C26H24FNO4S/c1-25(2)14-32-26(3,13-17-11-12-20(33-17)24(30)31)22-21-18(5-4-6-19(21)29)28(23(22)25)16-9-7-15(27)8-10-16/h4-12,29H,13-14H2,1-3H3,(H,30,31). The maximum Gasteiger partial charge on any atom is 0.345 e. The van der Waals surface area contributed by atoms with Crippen molar-refractivity contribution in [3.05, 3.63) is 81.4 Å². The zero-order valence-electron chi connectivity index (χ0n) is 18.6. The molecule has 4 aromatic rings. The van der Waals surface area contributed by atoms with Crippen LogP contribution in [-0.4, -0.2) is 27.4 Å². The van der Waals surface area contributed by atoms with E-state index in [9.17, 15) is 19.4 Å². The summed E-state index contributed by atoms with van der Waals surface area (Å²) >= 11 is 1.23. The van der Waals surface area contributed by atoms with Crippen molar-refractivity contribution in [1.29, 1.82) is 0 Å². The highest BCUT2D eigenvalue weighted by Gasteiger charge is 2.46. The SMILES string of the molecule is CC1(C)COC(C)(Cc2ccc(C(=O)O)s2)c2c1n(-c1ccc(F)cc1)c1cccc(O)c21. The van der Waals surface area contributed by atoms with Gasteiger partial charge in [0.1, 0.15) is 16.4 Å². The van der Waals surface area contributed by atoms with E-state index in [1.165, 1.54) is 23.5 Å². The van der Waals surface area contributed by atoms with Crippen molar-refractivity contribution in [1.82, 2.24) is 4.57 Å². The molecule has 0 radical (unpaired) electrons. The molecular formula is C26H24FNO4S. The van der Waals surface area contributed by atoms with E-state index in [-0.39, 0.29) is 16.4 Å². The van der Waals surface area contributed by atoms with Crippen LogP contribution in [0.1, 0.15) is 46.6 Å². The van der Waals surface area contributed by atoms with E-state index >= 15 is 0 Å². The average Bonchev–Trinajstić information content (AvgIpc) is 3.37. The van der Waals surface area contributed by atoms with Crippen molar-refractivity contribution in [3.63, 3.8) is 0 Å². The number of carboxylic acid groups (broad SMARTS) is 1. The molecule has 33 heavy (non-hydrogen) atoms. The van der Waals surface area contributed by atoms with E-state index < -0.39 is 17.0 Å². The number of phenolic OH excluding ortho intramolecular Hbond substituents is 1. The molecule has 1 aliphatic rings. The van der Waals surface area contributed by atoms with E-state index in [0.29, 0.717) is 18.4 Å². The fourth-order valence-corrected chi connectivity index (χ4v) is 5.87. The topological polar surface area (TPSA) is 71.7 Å².